The molecular weight excluding hydrogens is 330 g/mol. The molecule has 24 heavy (non-hydrogen) atoms. The van der Waals surface area contributed by atoms with Crippen molar-refractivity contribution in [2.24, 2.45) is 0 Å². The molecule has 1 aliphatic heterocycles. The predicted molar refractivity (Wildman–Crippen MR) is 88.7 cm³/mol. The zero-order valence-electron chi connectivity index (χ0n) is 13.1. The summed E-state index contributed by atoms with van der Waals surface area (Å²) in [7, 11) is -3.18. The zero-order valence-corrected chi connectivity index (χ0v) is 13.9. The fraction of sp³-hybridized carbons (Fsp3) is 0.357. The Morgan fingerprint density at radius 3 is 3.04 bits per heavy atom. The lowest BCUT2D eigenvalue weighted by Crippen LogP contribution is -2.37. The third-order valence-electron chi connectivity index (χ3n) is 4.07. The summed E-state index contributed by atoms with van der Waals surface area (Å²) in [6, 6.07) is 3.85. The maximum absolute atomic E-state index is 11.7. The van der Waals surface area contributed by atoms with Crippen molar-refractivity contribution < 1.29 is 8.42 Å². The summed E-state index contributed by atoms with van der Waals surface area (Å²) in [5.74, 6) is 0.741. The summed E-state index contributed by atoms with van der Waals surface area (Å²) in [4.78, 5) is 11.5. The van der Waals surface area contributed by atoms with E-state index >= 15 is 0 Å². The number of rotatable bonds is 4. The first-order chi connectivity index (χ1) is 11.5. The van der Waals surface area contributed by atoms with E-state index < -0.39 is 10.0 Å². The Morgan fingerprint density at radius 1 is 1.33 bits per heavy atom. The number of nitrogens with zero attached hydrogens (tertiary/aromatic N) is 5. The number of fused-ring (bicyclic) bond motifs is 2. The number of aromatic amines is 1. The first-order valence-corrected chi connectivity index (χ1v) is 9.38. The van der Waals surface area contributed by atoms with Crippen LogP contribution in [-0.4, -0.2) is 50.3 Å². The Balaban J connectivity index is 1.51. The van der Waals surface area contributed by atoms with Gasteiger partial charge >= 0.3 is 0 Å². The molecule has 10 heteroatoms. The van der Waals surface area contributed by atoms with Crippen molar-refractivity contribution in [2.75, 3.05) is 18.1 Å². The van der Waals surface area contributed by atoms with Gasteiger partial charge in [-0.05, 0) is 12.1 Å². The van der Waals surface area contributed by atoms with Gasteiger partial charge in [0.2, 0.25) is 10.0 Å². The first-order valence-electron chi connectivity index (χ1n) is 7.53. The Kier molecular flexibility index (Phi) is 3.50. The molecule has 9 nitrogen and oxygen atoms in total. The Morgan fingerprint density at radius 2 is 2.21 bits per heavy atom. The van der Waals surface area contributed by atoms with Crippen molar-refractivity contribution in [2.45, 2.75) is 19.6 Å². The maximum Gasteiger partial charge on any atom is 0.211 e. The van der Waals surface area contributed by atoms with Gasteiger partial charge in [0.25, 0.3) is 0 Å². The molecule has 0 radical (unpaired) electrons. The smallest absolute Gasteiger partial charge is 0.211 e. The van der Waals surface area contributed by atoms with Gasteiger partial charge in [-0.3, -0.25) is 4.68 Å². The molecule has 3 aromatic rings. The molecule has 0 unspecified atom stereocenters. The molecule has 1 aliphatic rings. The van der Waals surface area contributed by atoms with Gasteiger partial charge in [-0.1, -0.05) is 0 Å². The van der Waals surface area contributed by atoms with Gasteiger partial charge < -0.3 is 10.3 Å². The summed E-state index contributed by atoms with van der Waals surface area (Å²) in [6.45, 7) is 1.89. The second-order valence-corrected chi connectivity index (χ2v) is 7.74. The molecular formula is C14H17N7O2S. The fourth-order valence-electron chi connectivity index (χ4n) is 2.86. The minimum atomic E-state index is -3.18. The molecule has 2 N–H and O–H groups in total. The summed E-state index contributed by atoms with van der Waals surface area (Å²) in [5, 5.41) is 8.71. The highest BCUT2D eigenvalue weighted by Gasteiger charge is 2.24. The quantitative estimate of drug-likeness (QED) is 0.713. The van der Waals surface area contributed by atoms with Crippen LogP contribution >= 0.6 is 0 Å². The summed E-state index contributed by atoms with van der Waals surface area (Å²) in [5.41, 5.74) is 2.53. The average molecular weight is 347 g/mol. The van der Waals surface area contributed by atoms with Crippen LogP contribution in [0.3, 0.4) is 0 Å². The lowest BCUT2D eigenvalue weighted by molar-refractivity contribution is 0.328. The molecule has 3 aromatic heterocycles. The van der Waals surface area contributed by atoms with Gasteiger partial charge in [0.1, 0.15) is 17.8 Å². The van der Waals surface area contributed by atoms with Gasteiger partial charge in [-0.25, -0.2) is 18.4 Å². The molecule has 0 saturated heterocycles. The molecule has 4 rings (SSSR count). The van der Waals surface area contributed by atoms with Crippen molar-refractivity contribution >= 4 is 26.9 Å². The van der Waals surface area contributed by atoms with E-state index in [1.165, 1.54) is 16.9 Å². The van der Waals surface area contributed by atoms with Gasteiger partial charge in [-0.15, -0.1) is 0 Å². The molecule has 0 saturated carbocycles. The van der Waals surface area contributed by atoms with E-state index in [9.17, 15) is 8.42 Å². The lowest BCUT2D eigenvalue weighted by Gasteiger charge is -2.25. The van der Waals surface area contributed by atoms with Crippen molar-refractivity contribution in [3.8, 4) is 0 Å². The molecule has 0 atom stereocenters. The van der Waals surface area contributed by atoms with Gasteiger partial charge in [0.05, 0.1) is 42.7 Å². The zero-order chi connectivity index (χ0) is 16.7. The molecule has 0 bridgehead atoms. The van der Waals surface area contributed by atoms with E-state index in [4.69, 9.17) is 0 Å². The topological polar surface area (TPSA) is 109 Å². The third kappa shape index (κ3) is 2.74. The van der Waals surface area contributed by atoms with Crippen LogP contribution in [0.4, 0.5) is 5.82 Å². The standard InChI is InChI=1S/C14H17N7O2S/c1-24(22,23)20-4-5-21-11(8-20)6-10(19-21)7-16-14-12-2-3-15-13(12)17-9-18-14/h2-3,6,9H,4-5,7-8H2,1H3,(H2,15,16,17,18). The van der Waals surface area contributed by atoms with Crippen LogP contribution in [0.25, 0.3) is 11.0 Å². The van der Waals surface area contributed by atoms with E-state index in [0.29, 0.717) is 26.2 Å². The molecule has 0 spiro atoms. The normalized spacial score (nSPS) is 15.5. The second kappa shape index (κ2) is 5.56. The Labute approximate surface area is 138 Å². The summed E-state index contributed by atoms with van der Waals surface area (Å²) < 4.78 is 26.7. The van der Waals surface area contributed by atoms with Crippen molar-refractivity contribution in [3.63, 3.8) is 0 Å². The highest BCUT2D eigenvalue weighted by molar-refractivity contribution is 7.88. The van der Waals surface area contributed by atoms with Crippen LogP contribution in [0.15, 0.2) is 24.7 Å². The number of aromatic nitrogens is 5. The maximum atomic E-state index is 11.7. The van der Waals surface area contributed by atoms with Gasteiger partial charge in [-0.2, -0.15) is 9.40 Å². The van der Waals surface area contributed by atoms with E-state index in [1.54, 1.807) is 0 Å². The average Bonchev–Trinajstić information content (AvgIpc) is 3.17. The number of hydrogen-bond acceptors (Lipinski definition) is 6. The molecule has 0 amide bonds. The lowest BCUT2D eigenvalue weighted by atomic mass is 10.3. The monoisotopic (exact) mass is 347 g/mol. The first kappa shape index (κ1) is 15.1. The largest absolute Gasteiger partial charge is 0.364 e. The predicted octanol–water partition coefficient (Wildman–Crippen LogP) is 0.542. The van der Waals surface area contributed by atoms with Gasteiger partial charge in [0.15, 0.2) is 0 Å². The fourth-order valence-corrected chi connectivity index (χ4v) is 3.64. The second-order valence-electron chi connectivity index (χ2n) is 5.76. The third-order valence-corrected chi connectivity index (χ3v) is 5.32. The Bertz CT molecular complexity index is 992. The van der Waals surface area contributed by atoms with E-state index in [2.05, 4.69) is 25.4 Å². The Hall–Kier alpha value is -2.46. The highest BCUT2D eigenvalue weighted by Crippen LogP contribution is 2.19. The minimum absolute atomic E-state index is 0.362. The number of sulfonamides is 1. The van der Waals surface area contributed by atoms with Crippen molar-refractivity contribution in [3.05, 3.63) is 36.0 Å². The number of H-pyrrole nitrogens is 1. The number of anilines is 1. The van der Waals surface area contributed by atoms with E-state index in [0.717, 1.165) is 28.2 Å². The molecule has 4 heterocycles. The van der Waals surface area contributed by atoms with Crippen LogP contribution in [0.5, 0.6) is 0 Å². The van der Waals surface area contributed by atoms with Crippen molar-refractivity contribution in [1.29, 1.82) is 0 Å². The van der Waals surface area contributed by atoms with E-state index in [1.807, 2.05) is 23.0 Å². The molecule has 126 valence electrons. The number of hydrogen-bond donors (Lipinski definition) is 2. The number of nitrogens with one attached hydrogen (secondary N) is 2. The van der Waals surface area contributed by atoms with Crippen LogP contribution in [0, 0.1) is 0 Å². The summed E-state index contributed by atoms with van der Waals surface area (Å²) in [6.07, 6.45) is 4.56. The van der Waals surface area contributed by atoms with Crippen LogP contribution in [0.1, 0.15) is 11.4 Å². The molecule has 0 aliphatic carbocycles. The highest BCUT2D eigenvalue weighted by atomic mass is 32.2. The van der Waals surface area contributed by atoms with Crippen molar-refractivity contribution in [1.82, 2.24) is 29.0 Å². The molecule has 0 aromatic carbocycles. The summed E-state index contributed by atoms with van der Waals surface area (Å²) >= 11 is 0. The van der Waals surface area contributed by atoms with E-state index in [-0.39, 0.29) is 0 Å². The molecule has 0 fully saturated rings. The SMILES string of the molecule is CS(=O)(=O)N1CCn2nc(CNc3ncnc4[nH]ccc34)cc2C1. The van der Waals surface area contributed by atoms with Crippen LogP contribution in [-0.2, 0) is 29.7 Å². The van der Waals surface area contributed by atoms with Crippen LogP contribution < -0.4 is 5.32 Å². The minimum Gasteiger partial charge on any atom is -0.364 e. The van der Waals surface area contributed by atoms with Crippen LogP contribution in [0.2, 0.25) is 0 Å². The van der Waals surface area contributed by atoms with Gasteiger partial charge in [0, 0.05) is 12.7 Å².